The molecule has 84 valence electrons. The highest BCUT2D eigenvalue weighted by atomic mass is 79.9. The fraction of sp³-hybridized carbons (Fsp3) is 0.833. The molecule has 0 aromatic carbocycles. The van der Waals surface area contributed by atoms with E-state index in [-0.39, 0.29) is 12.3 Å². The van der Waals surface area contributed by atoms with Crippen molar-refractivity contribution in [2.45, 2.75) is 12.1 Å². The average Bonchev–Trinajstić information content (AvgIpc) is 2.00. The van der Waals surface area contributed by atoms with E-state index in [0.29, 0.717) is 5.33 Å². The minimum absolute atomic E-state index is 0.186. The van der Waals surface area contributed by atoms with E-state index in [1.54, 1.807) is 0 Å². The zero-order valence-electron chi connectivity index (χ0n) is 7.59. The van der Waals surface area contributed by atoms with Gasteiger partial charge >= 0.3 is 5.66 Å². The van der Waals surface area contributed by atoms with Gasteiger partial charge in [0, 0.05) is 11.8 Å². The van der Waals surface area contributed by atoms with E-state index in [1.807, 2.05) is 0 Å². The molecule has 0 N–H and O–H groups in total. The van der Waals surface area contributed by atoms with E-state index >= 15 is 0 Å². The molecule has 1 aliphatic heterocycles. The molecule has 0 radical (unpaired) electrons. The average molecular weight is 282 g/mol. The third-order valence-electron chi connectivity index (χ3n) is 2.23. The van der Waals surface area contributed by atoms with Gasteiger partial charge in [0.25, 0.3) is 0 Å². The predicted octanol–water partition coefficient (Wildman–Crippen LogP) is -0.137. The lowest BCUT2D eigenvalue weighted by Crippen LogP contribution is -2.71. The van der Waals surface area contributed by atoms with Gasteiger partial charge < -0.3 is 4.90 Å². The molecule has 1 saturated heterocycles. The second kappa shape index (κ2) is 4.09. The van der Waals surface area contributed by atoms with Crippen LogP contribution in [0.1, 0.15) is 6.42 Å². The first-order valence-corrected chi connectivity index (χ1v) is 5.19. The van der Waals surface area contributed by atoms with Gasteiger partial charge in [-0.25, -0.2) is 0 Å². The van der Waals surface area contributed by atoms with Crippen LogP contribution < -0.4 is 0 Å². The SMILES string of the molecule is O=C(CCBr)N1CC([N+](=O)[O-])([N+](=O)[O-])C1. The Labute approximate surface area is 92.7 Å². The molecule has 1 fully saturated rings. The van der Waals surface area contributed by atoms with Crippen LogP contribution in [0.5, 0.6) is 0 Å². The molecule has 0 aromatic heterocycles. The molecule has 1 aliphatic rings. The van der Waals surface area contributed by atoms with Crippen molar-refractivity contribution < 1.29 is 14.6 Å². The molecule has 0 aliphatic carbocycles. The van der Waals surface area contributed by atoms with Crippen LogP contribution in [0.25, 0.3) is 0 Å². The Hall–Kier alpha value is -1.25. The second-order valence-corrected chi connectivity index (χ2v) is 3.98. The van der Waals surface area contributed by atoms with Gasteiger partial charge in [0.2, 0.25) is 5.91 Å². The molecule has 0 unspecified atom stereocenters. The number of amides is 1. The quantitative estimate of drug-likeness (QED) is 0.309. The van der Waals surface area contributed by atoms with Crippen molar-refractivity contribution >= 4 is 21.8 Å². The number of rotatable bonds is 4. The third-order valence-corrected chi connectivity index (χ3v) is 2.63. The Balaban J connectivity index is 2.63. The van der Waals surface area contributed by atoms with Crippen molar-refractivity contribution in [2.24, 2.45) is 0 Å². The van der Waals surface area contributed by atoms with Crippen LogP contribution in [-0.4, -0.2) is 44.7 Å². The summed E-state index contributed by atoms with van der Waals surface area (Å²) in [6.07, 6.45) is 0.186. The monoisotopic (exact) mass is 281 g/mol. The van der Waals surface area contributed by atoms with E-state index in [4.69, 9.17) is 0 Å². The van der Waals surface area contributed by atoms with Crippen LogP contribution in [0.4, 0.5) is 0 Å². The highest BCUT2D eigenvalue weighted by Crippen LogP contribution is 2.25. The first kappa shape index (κ1) is 11.8. The molecule has 0 atom stereocenters. The number of carbonyl (C=O) groups excluding carboxylic acids is 1. The van der Waals surface area contributed by atoms with E-state index < -0.39 is 28.6 Å². The molecule has 0 bridgehead atoms. The van der Waals surface area contributed by atoms with Gasteiger partial charge in [-0.05, 0) is 0 Å². The maximum Gasteiger partial charge on any atom is 0.492 e. The number of nitro groups is 2. The van der Waals surface area contributed by atoms with E-state index in [1.165, 1.54) is 0 Å². The summed E-state index contributed by atoms with van der Waals surface area (Å²) in [5.74, 6) is -0.314. The van der Waals surface area contributed by atoms with E-state index in [0.717, 1.165) is 4.90 Å². The van der Waals surface area contributed by atoms with Gasteiger partial charge in [-0.1, -0.05) is 15.9 Å². The van der Waals surface area contributed by atoms with E-state index in [2.05, 4.69) is 15.9 Å². The van der Waals surface area contributed by atoms with Crippen LogP contribution in [0.2, 0.25) is 0 Å². The van der Waals surface area contributed by atoms with Crippen LogP contribution >= 0.6 is 15.9 Å². The standard InChI is InChI=1S/C6H8BrN3O5/c7-2-1-5(11)8-3-6(4-8,9(12)13)10(14)15/h1-4H2. The smallest absolute Gasteiger partial charge is 0.314 e. The first-order chi connectivity index (χ1) is 6.94. The Kier molecular flexibility index (Phi) is 3.22. The first-order valence-electron chi connectivity index (χ1n) is 4.07. The molecule has 9 heteroatoms. The molecular weight excluding hydrogens is 274 g/mol. The normalized spacial score (nSPS) is 18.1. The van der Waals surface area contributed by atoms with Crippen LogP contribution in [0, 0.1) is 20.2 Å². The maximum atomic E-state index is 11.2. The fourth-order valence-corrected chi connectivity index (χ4v) is 1.62. The van der Waals surface area contributed by atoms with Gasteiger partial charge in [0.15, 0.2) is 13.1 Å². The number of hydrogen-bond acceptors (Lipinski definition) is 5. The summed E-state index contributed by atoms with van der Waals surface area (Å²) >= 11 is 3.04. The van der Waals surface area contributed by atoms with Gasteiger partial charge in [-0.2, -0.15) is 0 Å². The summed E-state index contributed by atoms with van der Waals surface area (Å²) in [5.41, 5.74) is -2.19. The number of alkyl halides is 1. The fourth-order valence-electron chi connectivity index (χ4n) is 1.28. The largest absolute Gasteiger partial charge is 0.492 e. The number of carbonyl (C=O) groups is 1. The lowest BCUT2D eigenvalue weighted by Gasteiger charge is -2.35. The summed E-state index contributed by atoms with van der Waals surface area (Å²) in [4.78, 5) is 31.4. The molecule has 1 heterocycles. The summed E-state index contributed by atoms with van der Waals surface area (Å²) in [6, 6.07) is 0. The molecule has 8 nitrogen and oxygen atoms in total. The second-order valence-electron chi connectivity index (χ2n) is 3.19. The lowest BCUT2D eigenvalue weighted by atomic mass is 10.0. The molecular formula is C6H8BrN3O5. The van der Waals surface area contributed by atoms with Crippen molar-refractivity contribution in [2.75, 3.05) is 18.4 Å². The summed E-state index contributed by atoms with van der Waals surface area (Å²) in [6.45, 7) is -0.891. The van der Waals surface area contributed by atoms with Gasteiger partial charge in [-0.15, -0.1) is 0 Å². The minimum atomic E-state index is -2.19. The highest BCUT2D eigenvalue weighted by Gasteiger charge is 2.67. The molecule has 0 saturated carbocycles. The van der Waals surface area contributed by atoms with Crippen LogP contribution in [0.3, 0.4) is 0 Å². The van der Waals surface area contributed by atoms with Crippen molar-refractivity contribution in [1.29, 1.82) is 0 Å². The lowest BCUT2D eigenvalue weighted by molar-refractivity contribution is -0.809. The van der Waals surface area contributed by atoms with Crippen molar-refractivity contribution in [3.63, 3.8) is 0 Å². The zero-order valence-corrected chi connectivity index (χ0v) is 9.18. The van der Waals surface area contributed by atoms with Crippen LogP contribution in [0.15, 0.2) is 0 Å². The predicted molar refractivity (Wildman–Crippen MR) is 51.7 cm³/mol. The zero-order chi connectivity index (χ0) is 11.6. The van der Waals surface area contributed by atoms with Gasteiger partial charge in [0.1, 0.15) is 9.85 Å². The minimum Gasteiger partial charge on any atom is -0.314 e. The summed E-state index contributed by atoms with van der Waals surface area (Å²) in [5, 5.41) is 21.4. The van der Waals surface area contributed by atoms with Crippen molar-refractivity contribution in [3.05, 3.63) is 20.2 Å². The van der Waals surface area contributed by atoms with Crippen molar-refractivity contribution in [3.8, 4) is 0 Å². The Morgan fingerprint density at radius 2 is 1.80 bits per heavy atom. The molecule has 1 amide bonds. The molecule has 1 rings (SSSR count). The van der Waals surface area contributed by atoms with Gasteiger partial charge in [-0.3, -0.25) is 25.0 Å². The molecule has 0 aromatic rings. The number of likely N-dealkylation sites (tertiary alicyclic amines) is 1. The topological polar surface area (TPSA) is 107 Å². The van der Waals surface area contributed by atoms with Crippen molar-refractivity contribution in [1.82, 2.24) is 4.90 Å². The number of hydrogen-bond donors (Lipinski definition) is 0. The van der Waals surface area contributed by atoms with Gasteiger partial charge in [0.05, 0.1) is 0 Å². The highest BCUT2D eigenvalue weighted by molar-refractivity contribution is 9.09. The molecule has 15 heavy (non-hydrogen) atoms. The third kappa shape index (κ3) is 1.91. The molecule has 0 spiro atoms. The Bertz CT molecular complexity index is 298. The Morgan fingerprint density at radius 1 is 1.33 bits per heavy atom. The van der Waals surface area contributed by atoms with Crippen LogP contribution in [-0.2, 0) is 4.79 Å². The summed E-state index contributed by atoms with van der Waals surface area (Å²) in [7, 11) is 0. The number of halogens is 1. The Morgan fingerprint density at radius 3 is 2.13 bits per heavy atom. The van der Waals surface area contributed by atoms with E-state index in [9.17, 15) is 25.0 Å². The number of nitrogens with zero attached hydrogens (tertiary/aromatic N) is 3. The maximum absolute atomic E-state index is 11.2. The summed E-state index contributed by atoms with van der Waals surface area (Å²) < 4.78 is 0.